The Kier molecular flexibility index (Phi) is 59.3. The molecule has 464 valence electrons. The van der Waals surface area contributed by atoms with E-state index in [4.69, 9.17) is 18.9 Å². The summed E-state index contributed by atoms with van der Waals surface area (Å²) in [5.41, 5.74) is 0. The van der Waals surface area contributed by atoms with Crippen molar-refractivity contribution >= 4 is 17.9 Å². The minimum absolute atomic E-state index is 0.178. The maximum atomic E-state index is 12.9. The molecular weight excluding hydrogens is 995 g/mol. The molecule has 0 rings (SSSR count). The van der Waals surface area contributed by atoms with Gasteiger partial charge in [0.15, 0.2) is 6.10 Å². The molecule has 0 heterocycles. The van der Waals surface area contributed by atoms with Crippen LogP contribution in [0.4, 0.5) is 0 Å². The molecule has 0 saturated carbocycles. The number of unbranched alkanes of at least 4 members (excludes halogenated alkanes) is 35. The first kappa shape index (κ1) is 76.7. The van der Waals surface area contributed by atoms with Crippen molar-refractivity contribution in [1.29, 1.82) is 0 Å². The summed E-state index contributed by atoms with van der Waals surface area (Å²) in [6.45, 7) is 4.81. The van der Waals surface area contributed by atoms with Gasteiger partial charge >= 0.3 is 17.9 Å². The van der Waals surface area contributed by atoms with Crippen LogP contribution < -0.4 is 0 Å². The van der Waals surface area contributed by atoms with Crippen molar-refractivity contribution in [2.24, 2.45) is 0 Å². The molecule has 0 spiro atoms. The topological polar surface area (TPSA) is 108 Å². The summed E-state index contributed by atoms with van der Waals surface area (Å²) in [4.78, 5) is 37.5. The normalized spacial score (nSPS) is 13.2. The molecule has 0 radical (unpaired) electrons. The molecule has 9 heteroatoms. The molecule has 0 fully saturated rings. The first-order chi connectivity index (χ1) is 39.1. The second-order valence-electron chi connectivity index (χ2n) is 23.8. The number of hydrogen-bond donors (Lipinski definition) is 1. The second-order valence-corrected chi connectivity index (χ2v) is 23.8. The summed E-state index contributed by atoms with van der Waals surface area (Å²) < 4.78 is 23.0. The van der Waals surface area contributed by atoms with Gasteiger partial charge in [0.2, 0.25) is 0 Å². The third-order valence-corrected chi connectivity index (χ3v) is 14.7. The van der Waals surface area contributed by atoms with E-state index in [-0.39, 0.29) is 38.2 Å². The summed E-state index contributed by atoms with van der Waals surface area (Å²) in [6.07, 6.45) is 78.6. The maximum Gasteiger partial charge on any atom is 0.361 e. The highest BCUT2D eigenvalue weighted by molar-refractivity contribution is 5.71. The molecule has 80 heavy (non-hydrogen) atoms. The van der Waals surface area contributed by atoms with Crippen LogP contribution in [-0.2, 0) is 33.3 Å². The molecule has 2 unspecified atom stereocenters. The smallest absolute Gasteiger partial charge is 0.361 e. The highest BCUT2D eigenvalue weighted by atomic mass is 16.7. The van der Waals surface area contributed by atoms with Gasteiger partial charge in [-0.05, 0) is 64.2 Å². The number of nitrogens with zero attached hydrogens (tertiary/aromatic N) is 1. The summed E-state index contributed by atoms with van der Waals surface area (Å²) in [6, 6.07) is 0. The lowest BCUT2D eigenvalue weighted by atomic mass is 10.0. The standard InChI is InChI=1S/C71H127NO8/c1-6-8-10-12-14-16-18-20-22-24-26-27-28-29-30-31-32-33-34-35-36-37-38-39-40-41-42-43-44-46-48-50-52-54-56-58-60-62-69(74)80-67(66-79-71(70(75)76)77-64-63-72(3,4)5)65-78-68(73)61-59-57-55-53-51-49-47-45-25-23-21-19-17-15-13-11-9-7-2/h8,10,14,16,20,22,26-27,29-30,32-33,67,71H,6-7,9,11-13,15,17-19,21,23-25,28,31,34-66H2,1-5H3/p+1/b10-8-,16-14-,22-20-,27-26-,30-29-,33-32-. The number of carboxylic acid groups (broad SMARTS) is 1. The van der Waals surface area contributed by atoms with Crippen molar-refractivity contribution in [3.63, 3.8) is 0 Å². The largest absolute Gasteiger partial charge is 0.477 e. The molecule has 0 saturated heterocycles. The highest BCUT2D eigenvalue weighted by Crippen LogP contribution is 2.18. The fourth-order valence-electron chi connectivity index (χ4n) is 9.61. The van der Waals surface area contributed by atoms with E-state index in [1.165, 1.54) is 199 Å². The third-order valence-electron chi connectivity index (χ3n) is 14.7. The van der Waals surface area contributed by atoms with Gasteiger partial charge < -0.3 is 28.5 Å². The van der Waals surface area contributed by atoms with Gasteiger partial charge in [0, 0.05) is 12.8 Å². The van der Waals surface area contributed by atoms with E-state index >= 15 is 0 Å². The van der Waals surface area contributed by atoms with Crippen LogP contribution in [0.25, 0.3) is 0 Å². The number of carbonyl (C=O) groups excluding carboxylic acids is 2. The van der Waals surface area contributed by atoms with Gasteiger partial charge in [-0.15, -0.1) is 0 Å². The Morgan fingerprint density at radius 2 is 0.713 bits per heavy atom. The summed E-state index contributed by atoms with van der Waals surface area (Å²) >= 11 is 0. The average Bonchev–Trinajstić information content (AvgIpc) is 3.43. The fourth-order valence-corrected chi connectivity index (χ4v) is 9.61. The van der Waals surface area contributed by atoms with Gasteiger partial charge in [0.05, 0.1) is 34.4 Å². The van der Waals surface area contributed by atoms with Crippen molar-refractivity contribution in [2.45, 2.75) is 315 Å². The number of esters is 2. The molecule has 0 aromatic heterocycles. The van der Waals surface area contributed by atoms with Crippen LogP contribution in [0.3, 0.4) is 0 Å². The number of carboxylic acids is 1. The molecule has 1 N–H and O–H groups in total. The van der Waals surface area contributed by atoms with Crippen molar-refractivity contribution in [1.82, 2.24) is 0 Å². The predicted molar refractivity (Wildman–Crippen MR) is 341 cm³/mol. The zero-order chi connectivity index (χ0) is 58.3. The lowest BCUT2D eigenvalue weighted by Gasteiger charge is -2.25. The Hall–Kier alpha value is -3.27. The van der Waals surface area contributed by atoms with E-state index in [0.29, 0.717) is 17.4 Å². The summed E-state index contributed by atoms with van der Waals surface area (Å²) in [5, 5.41) is 9.73. The monoisotopic (exact) mass is 1120 g/mol. The summed E-state index contributed by atoms with van der Waals surface area (Å²) in [7, 11) is 5.98. The Balaban J connectivity index is 4.05. The minimum Gasteiger partial charge on any atom is -0.477 e. The Morgan fingerprint density at radius 1 is 0.388 bits per heavy atom. The van der Waals surface area contributed by atoms with Gasteiger partial charge in [-0.2, -0.15) is 0 Å². The lowest BCUT2D eigenvalue weighted by Crippen LogP contribution is -2.40. The van der Waals surface area contributed by atoms with Gasteiger partial charge in [0.1, 0.15) is 13.2 Å². The lowest BCUT2D eigenvalue weighted by molar-refractivity contribution is -0.870. The van der Waals surface area contributed by atoms with Crippen LogP contribution in [0.15, 0.2) is 72.9 Å². The average molecular weight is 1120 g/mol. The van der Waals surface area contributed by atoms with Crippen LogP contribution in [0, 0.1) is 0 Å². The SMILES string of the molecule is CC/C=C\C/C=C\C/C=C\C/C=C\C/C=C\C/C=C\CCCCCCCCCCCCCCCCCCCCC(=O)OC(COC(=O)CCCCCCCCCCCCCCCCCCCC)COC(OCC[N+](C)(C)C)C(=O)O. The van der Waals surface area contributed by atoms with Crippen molar-refractivity contribution < 1.29 is 42.9 Å². The number of aliphatic carboxylic acids is 1. The predicted octanol–water partition coefficient (Wildman–Crippen LogP) is 20.5. The number of quaternary nitrogens is 1. The molecule has 0 amide bonds. The van der Waals surface area contributed by atoms with Crippen LogP contribution >= 0.6 is 0 Å². The van der Waals surface area contributed by atoms with E-state index in [1.54, 1.807) is 0 Å². The molecule has 2 atom stereocenters. The fraction of sp³-hybridized carbons (Fsp3) is 0.789. The van der Waals surface area contributed by atoms with Crippen molar-refractivity contribution in [3.8, 4) is 0 Å². The number of ether oxygens (including phenoxy) is 4. The van der Waals surface area contributed by atoms with Gasteiger partial charge in [-0.1, -0.05) is 299 Å². The van der Waals surface area contributed by atoms with Crippen molar-refractivity contribution in [2.75, 3.05) is 47.5 Å². The van der Waals surface area contributed by atoms with E-state index in [9.17, 15) is 19.5 Å². The van der Waals surface area contributed by atoms with E-state index in [0.717, 1.165) is 77.0 Å². The maximum absolute atomic E-state index is 12.9. The molecule has 0 aromatic carbocycles. The first-order valence-corrected chi connectivity index (χ1v) is 33.6. The Morgan fingerprint density at radius 3 is 1.06 bits per heavy atom. The molecule has 0 aromatic rings. The van der Waals surface area contributed by atoms with Crippen LogP contribution in [0.5, 0.6) is 0 Å². The molecule has 0 aliphatic heterocycles. The molecular formula is C71H128NO8+. The quantitative estimate of drug-likeness (QED) is 0.0211. The molecule has 9 nitrogen and oxygen atoms in total. The number of rotatable bonds is 62. The van der Waals surface area contributed by atoms with Crippen LogP contribution in [0.1, 0.15) is 303 Å². The van der Waals surface area contributed by atoms with Gasteiger partial charge in [0.25, 0.3) is 6.29 Å². The van der Waals surface area contributed by atoms with Gasteiger partial charge in [-0.25, -0.2) is 4.79 Å². The first-order valence-electron chi connectivity index (χ1n) is 33.6. The Bertz CT molecular complexity index is 1540. The molecule has 0 bridgehead atoms. The number of carbonyl (C=O) groups is 3. The van der Waals surface area contributed by atoms with E-state index in [2.05, 4.69) is 86.8 Å². The third kappa shape index (κ3) is 62.3. The van der Waals surface area contributed by atoms with Crippen LogP contribution in [0.2, 0.25) is 0 Å². The molecule has 0 aliphatic rings. The summed E-state index contributed by atoms with van der Waals surface area (Å²) in [5.74, 6) is -1.98. The van der Waals surface area contributed by atoms with Crippen molar-refractivity contribution in [3.05, 3.63) is 72.9 Å². The number of hydrogen-bond acceptors (Lipinski definition) is 7. The van der Waals surface area contributed by atoms with E-state index < -0.39 is 18.4 Å². The Labute approximate surface area is 494 Å². The highest BCUT2D eigenvalue weighted by Gasteiger charge is 2.25. The minimum atomic E-state index is -1.51. The zero-order valence-electron chi connectivity index (χ0n) is 53.0. The molecule has 0 aliphatic carbocycles. The number of likely N-dealkylation sites (N-methyl/N-ethyl adjacent to an activating group) is 1. The second kappa shape index (κ2) is 61.8. The zero-order valence-corrected chi connectivity index (χ0v) is 53.0. The van der Waals surface area contributed by atoms with E-state index in [1.807, 2.05) is 21.1 Å². The van der Waals surface area contributed by atoms with Gasteiger partial charge in [-0.3, -0.25) is 9.59 Å². The van der Waals surface area contributed by atoms with Crippen LogP contribution in [-0.4, -0.2) is 87.4 Å². The number of allylic oxidation sites excluding steroid dienone is 12.